The molecular weight excluding hydrogens is 360 g/mol. The summed E-state index contributed by atoms with van der Waals surface area (Å²) < 4.78 is 9.88. The molecule has 154 valence electrons. The van der Waals surface area contributed by atoms with E-state index in [9.17, 15) is 14.4 Å². The lowest BCUT2D eigenvalue weighted by Crippen LogP contribution is -2.37. The Balaban J connectivity index is 1.80. The number of hydrogen-bond donors (Lipinski definition) is 0. The average Bonchev–Trinajstić information content (AvgIpc) is 2.65. The molecule has 1 saturated heterocycles. The lowest BCUT2D eigenvalue weighted by Gasteiger charge is -2.32. The number of carbonyl (C=O) groups excluding carboxylic acids is 3. The van der Waals surface area contributed by atoms with E-state index in [2.05, 4.69) is 14.6 Å². The second kappa shape index (κ2) is 9.66. The van der Waals surface area contributed by atoms with Gasteiger partial charge in [-0.25, -0.2) is 4.98 Å². The summed E-state index contributed by atoms with van der Waals surface area (Å²) in [6, 6.07) is 3.92. The summed E-state index contributed by atoms with van der Waals surface area (Å²) in [6.45, 7) is 7.01. The minimum absolute atomic E-state index is 0.0445. The zero-order valence-corrected chi connectivity index (χ0v) is 17.2. The Hall–Kier alpha value is -2.44. The molecule has 28 heavy (non-hydrogen) atoms. The largest absolute Gasteiger partial charge is 0.469 e. The standard InChI is InChI=1S/C21H30N2O5/c1-21(2,3)28-19(25)8-6-15-5-7-18(22-14-15)23-11-9-16(10-12-23)17(24)13-20(26)27-4/h5,7,14,16H,6,8-13H2,1-4H3. The topological polar surface area (TPSA) is 85.8 Å². The highest BCUT2D eigenvalue weighted by molar-refractivity contribution is 5.96. The van der Waals surface area contributed by atoms with Gasteiger partial charge in [0.1, 0.15) is 23.6 Å². The molecule has 1 aromatic heterocycles. The van der Waals surface area contributed by atoms with Gasteiger partial charge in [0.05, 0.1) is 7.11 Å². The molecule has 1 fully saturated rings. The van der Waals surface area contributed by atoms with Crippen LogP contribution < -0.4 is 4.90 Å². The summed E-state index contributed by atoms with van der Waals surface area (Å²) in [7, 11) is 1.29. The van der Waals surface area contributed by atoms with Gasteiger partial charge < -0.3 is 14.4 Å². The minimum Gasteiger partial charge on any atom is -0.469 e. The summed E-state index contributed by atoms with van der Waals surface area (Å²) in [4.78, 5) is 41.8. The highest BCUT2D eigenvalue weighted by Crippen LogP contribution is 2.23. The fraction of sp³-hybridized carbons (Fsp3) is 0.619. The SMILES string of the molecule is COC(=O)CC(=O)C1CCN(c2ccc(CCC(=O)OC(C)(C)C)cn2)CC1. The van der Waals surface area contributed by atoms with Crippen LogP contribution in [0.3, 0.4) is 0 Å². The summed E-state index contributed by atoms with van der Waals surface area (Å²) in [5.74, 6) is 0.0339. The highest BCUT2D eigenvalue weighted by Gasteiger charge is 2.27. The van der Waals surface area contributed by atoms with E-state index >= 15 is 0 Å². The van der Waals surface area contributed by atoms with E-state index in [0.717, 1.165) is 24.5 Å². The second-order valence-electron chi connectivity index (χ2n) is 8.09. The van der Waals surface area contributed by atoms with Crippen molar-refractivity contribution in [1.29, 1.82) is 0 Å². The third kappa shape index (κ3) is 6.94. The number of hydrogen-bond acceptors (Lipinski definition) is 7. The van der Waals surface area contributed by atoms with E-state index in [4.69, 9.17) is 4.74 Å². The molecule has 0 spiro atoms. The minimum atomic E-state index is -0.476. The third-order valence-corrected chi connectivity index (χ3v) is 4.67. The lowest BCUT2D eigenvalue weighted by atomic mass is 9.91. The molecule has 0 unspecified atom stereocenters. The summed E-state index contributed by atoms with van der Waals surface area (Å²) in [5, 5.41) is 0. The Morgan fingerprint density at radius 2 is 1.82 bits per heavy atom. The predicted molar refractivity (Wildman–Crippen MR) is 105 cm³/mol. The Kier molecular flexibility index (Phi) is 7.54. The van der Waals surface area contributed by atoms with Crippen molar-refractivity contribution in [3.8, 4) is 0 Å². The number of Topliss-reactive ketones (excluding diaryl/α,β-unsaturated/α-hetero) is 1. The summed E-state index contributed by atoms with van der Waals surface area (Å²) in [6.07, 6.45) is 3.97. The number of methoxy groups -OCH3 is 1. The molecular formula is C21H30N2O5. The molecule has 1 aliphatic rings. The molecule has 0 bridgehead atoms. The van der Waals surface area contributed by atoms with Crippen LogP contribution in [-0.4, -0.2) is 48.5 Å². The molecule has 0 radical (unpaired) electrons. The Labute approximate surface area is 166 Å². The van der Waals surface area contributed by atoms with Crippen LogP contribution in [0, 0.1) is 5.92 Å². The molecule has 0 N–H and O–H groups in total. The van der Waals surface area contributed by atoms with Crippen LogP contribution in [-0.2, 0) is 30.3 Å². The predicted octanol–water partition coefficient (Wildman–Crippen LogP) is 2.70. The van der Waals surface area contributed by atoms with Crippen LogP contribution in [0.2, 0.25) is 0 Å². The fourth-order valence-electron chi connectivity index (χ4n) is 3.18. The van der Waals surface area contributed by atoms with E-state index in [1.807, 2.05) is 32.9 Å². The van der Waals surface area contributed by atoms with Crippen molar-refractivity contribution in [2.45, 2.75) is 58.5 Å². The third-order valence-electron chi connectivity index (χ3n) is 4.67. The number of piperidine rings is 1. The monoisotopic (exact) mass is 390 g/mol. The number of rotatable bonds is 7. The van der Waals surface area contributed by atoms with Crippen LogP contribution in [0.4, 0.5) is 5.82 Å². The van der Waals surface area contributed by atoms with E-state index in [1.54, 1.807) is 6.20 Å². The van der Waals surface area contributed by atoms with Gasteiger partial charge in [0, 0.05) is 31.6 Å². The zero-order chi connectivity index (χ0) is 20.7. The Morgan fingerprint density at radius 3 is 2.36 bits per heavy atom. The van der Waals surface area contributed by atoms with Gasteiger partial charge in [-0.05, 0) is 51.7 Å². The van der Waals surface area contributed by atoms with Crippen molar-refractivity contribution in [2.75, 3.05) is 25.1 Å². The first-order chi connectivity index (χ1) is 13.2. The van der Waals surface area contributed by atoms with Gasteiger partial charge >= 0.3 is 11.9 Å². The number of carbonyl (C=O) groups is 3. The summed E-state index contributed by atoms with van der Waals surface area (Å²) in [5.41, 5.74) is 0.515. The Bertz CT molecular complexity index is 686. The van der Waals surface area contributed by atoms with Crippen LogP contribution in [0.5, 0.6) is 0 Å². The van der Waals surface area contributed by atoms with Gasteiger partial charge in [-0.2, -0.15) is 0 Å². The molecule has 7 heteroatoms. The molecule has 0 aliphatic carbocycles. The van der Waals surface area contributed by atoms with Crippen molar-refractivity contribution in [3.63, 3.8) is 0 Å². The van der Waals surface area contributed by atoms with E-state index in [0.29, 0.717) is 25.7 Å². The van der Waals surface area contributed by atoms with E-state index in [-0.39, 0.29) is 24.1 Å². The zero-order valence-electron chi connectivity index (χ0n) is 17.2. The number of ether oxygens (including phenoxy) is 2. The van der Waals surface area contributed by atoms with Crippen molar-refractivity contribution < 1.29 is 23.9 Å². The lowest BCUT2D eigenvalue weighted by molar-refractivity contribution is -0.154. The van der Waals surface area contributed by atoms with Gasteiger partial charge in [0.15, 0.2) is 0 Å². The molecule has 2 rings (SSSR count). The molecule has 0 saturated carbocycles. The van der Waals surface area contributed by atoms with Crippen molar-refractivity contribution in [2.24, 2.45) is 5.92 Å². The molecule has 0 atom stereocenters. The van der Waals surface area contributed by atoms with Gasteiger partial charge in [-0.1, -0.05) is 6.07 Å². The van der Waals surface area contributed by atoms with Crippen LogP contribution in [0.15, 0.2) is 18.3 Å². The first kappa shape index (κ1) is 21.9. The second-order valence-corrected chi connectivity index (χ2v) is 8.09. The maximum absolute atomic E-state index is 12.1. The Morgan fingerprint density at radius 1 is 1.14 bits per heavy atom. The van der Waals surface area contributed by atoms with Crippen LogP contribution in [0.1, 0.15) is 52.0 Å². The molecule has 1 aromatic rings. The van der Waals surface area contributed by atoms with Crippen molar-refractivity contribution in [1.82, 2.24) is 4.98 Å². The van der Waals surface area contributed by atoms with E-state index in [1.165, 1.54) is 7.11 Å². The molecule has 0 amide bonds. The van der Waals surface area contributed by atoms with Crippen LogP contribution in [0.25, 0.3) is 0 Å². The van der Waals surface area contributed by atoms with Gasteiger partial charge in [0.25, 0.3) is 0 Å². The number of aryl methyl sites for hydroxylation is 1. The van der Waals surface area contributed by atoms with Crippen molar-refractivity contribution >= 4 is 23.5 Å². The quantitative estimate of drug-likeness (QED) is 0.523. The molecule has 1 aliphatic heterocycles. The first-order valence-corrected chi connectivity index (χ1v) is 9.69. The molecule has 2 heterocycles. The molecule has 0 aromatic carbocycles. The first-order valence-electron chi connectivity index (χ1n) is 9.69. The maximum atomic E-state index is 12.1. The maximum Gasteiger partial charge on any atom is 0.313 e. The number of ketones is 1. The smallest absolute Gasteiger partial charge is 0.313 e. The highest BCUT2D eigenvalue weighted by atomic mass is 16.6. The van der Waals surface area contributed by atoms with Gasteiger partial charge in [0.2, 0.25) is 0 Å². The fourth-order valence-corrected chi connectivity index (χ4v) is 3.18. The normalized spacial score (nSPS) is 15.2. The average molecular weight is 390 g/mol. The number of pyridine rings is 1. The molecule has 7 nitrogen and oxygen atoms in total. The summed E-state index contributed by atoms with van der Waals surface area (Å²) >= 11 is 0. The van der Waals surface area contributed by atoms with Gasteiger partial charge in [-0.3, -0.25) is 14.4 Å². The van der Waals surface area contributed by atoms with Crippen molar-refractivity contribution in [3.05, 3.63) is 23.9 Å². The number of nitrogens with zero attached hydrogens (tertiary/aromatic N) is 2. The van der Waals surface area contributed by atoms with E-state index < -0.39 is 11.6 Å². The number of esters is 2. The number of aromatic nitrogens is 1. The van der Waals surface area contributed by atoms with Crippen LogP contribution >= 0.6 is 0 Å². The van der Waals surface area contributed by atoms with Gasteiger partial charge in [-0.15, -0.1) is 0 Å². The number of anilines is 1.